The largest absolute Gasteiger partial charge is 0.417 e. The third-order valence-electron chi connectivity index (χ3n) is 5.07. The summed E-state index contributed by atoms with van der Waals surface area (Å²) in [6, 6.07) is 0.771. The van der Waals surface area contributed by atoms with Crippen LogP contribution in [0.5, 0.6) is 0 Å². The van der Waals surface area contributed by atoms with E-state index in [1.807, 2.05) is 12.2 Å². The fourth-order valence-electron chi connectivity index (χ4n) is 3.50. The zero-order chi connectivity index (χ0) is 21.9. The summed E-state index contributed by atoms with van der Waals surface area (Å²) in [5.41, 5.74) is -0.951. The van der Waals surface area contributed by atoms with Gasteiger partial charge in [0, 0.05) is 32.3 Å². The molecule has 1 aromatic rings. The highest BCUT2D eigenvalue weighted by molar-refractivity contribution is 6.32. The average Bonchev–Trinajstić information content (AvgIpc) is 2.94. The van der Waals surface area contributed by atoms with Crippen molar-refractivity contribution < 1.29 is 27.6 Å². The van der Waals surface area contributed by atoms with Crippen molar-refractivity contribution in [1.29, 1.82) is 0 Å². The molecule has 1 aromatic heterocycles. The highest BCUT2D eigenvalue weighted by Crippen LogP contribution is 2.35. The van der Waals surface area contributed by atoms with Crippen molar-refractivity contribution in [3.05, 3.63) is 35.0 Å². The van der Waals surface area contributed by atoms with E-state index >= 15 is 0 Å². The Balaban J connectivity index is 1.40. The summed E-state index contributed by atoms with van der Waals surface area (Å²) in [4.78, 5) is 41.5. The number of likely N-dealkylation sites (tertiary alicyclic amines) is 1. The molecule has 0 radical (unpaired) electrons. The Morgan fingerprint density at radius 3 is 2.37 bits per heavy atom. The van der Waals surface area contributed by atoms with E-state index in [-0.39, 0.29) is 66.5 Å². The number of amides is 3. The first kappa shape index (κ1) is 22.1. The number of nitrogens with one attached hydrogen (secondary N) is 2. The molecule has 2 aliphatic rings. The minimum absolute atomic E-state index is 0.0240. The first-order valence-corrected chi connectivity index (χ1v) is 9.80. The molecule has 3 rings (SSSR count). The fraction of sp³-hybridized carbons (Fsp3) is 0.474. The highest BCUT2D eigenvalue weighted by Gasteiger charge is 2.46. The number of pyridine rings is 1. The van der Waals surface area contributed by atoms with Gasteiger partial charge in [-0.25, -0.2) is 4.98 Å². The zero-order valence-corrected chi connectivity index (χ0v) is 16.6. The van der Waals surface area contributed by atoms with Crippen molar-refractivity contribution in [3.63, 3.8) is 0 Å². The van der Waals surface area contributed by atoms with E-state index in [1.54, 1.807) is 0 Å². The topological polar surface area (TPSA) is 91.4 Å². The van der Waals surface area contributed by atoms with E-state index in [0.29, 0.717) is 19.0 Å². The van der Waals surface area contributed by atoms with E-state index in [0.717, 1.165) is 11.0 Å². The second-order valence-corrected chi connectivity index (χ2v) is 7.47. The quantitative estimate of drug-likeness (QED) is 0.383. The van der Waals surface area contributed by atoms with Crippen LogP contribution in [0, 0.1) is 11.8 Å². The number of alkyl halides is 3. The molecular weight excluding hydrogens is 425 g/mol. The van der Waals surface area contributed by atoms with Crippen LogP contribution in [0.15, 0.2) is 24.4 Å². The number of aromatic nitrogens is 1. The summed E-state index contributed by atoms with van der Waals surface area (Å²) in [6.07, 6.45) is 0.998. The second-order valence-electron chi connectivity index (χ2n) is 7.06. The molecule has 1 aliphatic heterocycles. The summed E-state index contributed by atoms with van der Waals surface area (Å²) < 4.78 is 37.8. The van der Waals surface area contributed by atoms with Gasteiger partial charge >= 0.3 is 6.18 Å². The third kappa shape index (κ3) is 4.92. The Morgan fingerprint density at radius 1 is 1.17 bits per heavy atom. The molecule has 1 aliphatic carbocycles. The molecule has 2 N–H and O–H groups in total. The first-order chi connectivity index (χ1) is 14.2. The van der Waals surface area contributed by atoms with Crippen molar-refractivity contribution in [2.45, 2.75) is 25.4 Å². The number of hydrogen-bond donors (Lipinski definition) is 2. The Hall–Kier alpha value is -2.62. The van der Waals surface area contributed by atoms with Crippen LogP contribution < -0.4 is 10.6 Å². The van der Waals surface area contributed by atoms with Crippen molar-refractivity contribution >= 4 is 35.1 Å². The number of anilines is 1. The molecule has 1 saturated heterocycles. The summed E-state index contributed by atoms with van der Waals surface area (Å²) in [5.74, 6) is -1.38. The number of rotatable bonds is 7. The SMILES string of the molecule is O=C(CCN1C(=O)[C@H]2CC=CC[C@@H]2C1=O)NCCNc1ncc(C(F)(F)F)cc1Cl. The molecule has 2 atom stereocenters. The van der Waals surface area contributed by atoms with Gasteiger partial charge in [0.1, 0.15) is 5.82 Å². The minimum Gasteiger partial charge on any atom is -0.367 e. The maximum atomic E-state index is 12.6. The monoisotopic (exact) mass is 444 g/mol. The van der Waals surface area contributed by atoms with Crippen LogP contribution in [-0.4, -0.2) is 47.2 Å². The van der Waals surface area contributed by atoms with Gasteiger partial charge in [0.2, 0.25) is 17.7 Å². The van der Waals surface area contributed by atoms with E-state index < -0.39 is 11.7 Å². The lowest BCUT2D eigenvalue weighted by Crippen LogP contribution is -2.36. The van der Waals surface area contributed by atoms with E-state index in [1.165, 1.54) is 0 Å². The lowest BCUT2D eigenvalue weighted by atomic mass is 9.85. The number of carbonyl (C=O) groups excluding carboxylic acids is 3. The van der Waals surface area contributed by atoms with Gasteiger partial charge in [-0.1, -0.05) is 23.8 Å². The standard InChI is InChI=1S/C19H20ClF3N4O3/c20-14-9-11(19(21,22)23)10-26-16(14)25-7-6-24-15(28)5-8-27-17(29)12-3-1-2-4-13(12)18(27)30/h1-2,9-10,12-13H,3-8H2,(H,24,28)(H,25,26)/t12-,13-/m0/s1. The summed E-state index contributed by atoms with van der Waals surface area (Å²) in [6.45, 7) is 0.367. The normalized spacial score (nSPS) is 21.0. The van der Waals surface area contributed by atoms with Gasteiger partial charge < -0.3 is 10.6 Å². The van der Waals surface area contributed by atoms with Gasteiger partial charge in [-0.15, -0.1) is 0 Å². The zero-order valence-electron chi connectivity index (χ0n) is 15.8. The average molecular weight is 445 g/mol. The van der Waals surface area contributed by atoms with Gasteiger partial charge in [0.05, 0.1) is 22.4 Å². The van der Waals surface area contributed by atoms with Gasteiger partial charge in [-0.2, -0.15) is 13.2 Å². The Bertz CT molecular complexity index is 849. The Kier molecular flexibility index (Phi) is 6.64. The molecule has 0 spiro atoms. The van der Waals surface area contributed by atoms with Crippen molar-refractivity contribution in [3.8, 4) is 0 Å². The van der Waals surface area contributed by atoms with Crippen LogP contribution in [0.1, 0.15) is 24.8 Å². The van der Waals surface area contributed by atoms with Gasteiger partial charge in [0.15, 0.2) is 0 Å². The van der Waals surface area contributed by atoms with E-state index in [4.69, 9.17) is 11.6 Å². The van der Waals surface area contributed by atoms with E-state index in [9.17, 15) is 27.6 Å². The van der Waals surface area contributed by atoms with Crippen LogP contribution in [0.4, 0.5) is 19.0 Å². The molecule has 3 amide bonds. The number of fused-ring (bicyclic) bond motifs is 1. The van der Waals surface area contributed by atoms with Crippen molar-refractivity contribution in [2.75, 3.05) is 25.0 Å². The van der Waals surface area contributed by atoms with Crippen LogP contribution >= 0.6 is 11.6 Å². The van der Waals surface area contributed by atoms with Crippen molar-refractivity contribution in [1.82, 2.24) is 15.2 Å². The van der Waals surface area contributed by atoms with Crippen LogP contribution in [0.25, 0.3) is 0 Å². The van der Waals surface area contributed by atoms with Crippen LogP contribution in [0.2, 0.25) is 5.02 Å². The number of halogens is 4. The second kappa shape index (κ2) is 9.03. The summed E-state index contributed by atoms with van der Waals surface area (Å²) in [7, 11) is 0. The van der Waals surface area contributed by atoms with E-state index in [2.05, 4.69) is 15.6 Å². The van der Waals surface area contributed by atoms with Gasteiger partial charge in [-0.05, 0) is 18.9 Å². The fourth-order valence-corrected chi connectivity index (χ4v) is 3.73. The lowest BCUT2D eigenvalue weighted by Gasteiger charge is -2.14. The molecule has 162 valence electrons. The van der Waals surface area contributed by atoms with Crippen molar-refractivity contribution in [2.24, 2.45) is 11.8 Å². The molecule has 30 heavy (non-hydrogen) atoms. The molecule has 7 nitrogen and oxygen atoms in total. The van der Waals surface area contributed by atoms with Crippen LogP contribution in [-0.2, 0) is 20.6 Å². The molecule has 0 saturated carbocycles. The number of imide groups is 1. The molecule has 2 heterocycles. The first-order valence-electron chi connectivity index (χ1n) is 9.42. The molecule has 0 bridgehead atoms. The number of nitrogens with zero attached hydrogens (tertiary/aromatic N) is 2. The molecule has 11 heteroatoms. The molecule has 1 fully saturated rings. The number of hydrogen-bond acceptors (Lipinski definition) is 5. The lowest BCUT2D eigenvalue weighted by molar-refractivity contribution is -0.140. The maximum absolute atomic E-state index is 12.6. The minimum atomic E-state index is -4.53. The number of allylic oxidation sites excluding steroid dienone is 2. The Morgan fingerprint density at radius 2 is 1.80 bits per heavy atom. The smallest absolute Gasteiger partial charge is 0.367 e. The maximum Gasteiger partial charge on any atom is 0.417 e. The summed E-state index contributed by atoms with van der Waals surface area (Å²) >= 11 is 5.79. The predicted molar refractivity (Wildman–Crippen MR) is 102 cm³/mol. The third-order valence-corrected chi connectivity index (χ3v) is 5.36. The summed E-state index contributed by atoms with van der Waals surface area (Å²) in [5, 5.41) is 5.17. The molecule has 0 unspecified atom stereocenters. The number of carbonyl (C=O) groups is 3. The highest BCUT2D eigenvalue weighted by atomic mass is 35.5. The van der Waals surface area contributed by atoms with Crippen LogP contribution in [0.3, 0.4) is 0 Å². The van der Waals surface area contributed by atoms with Gasteiger partial charge in [0.25, 0.3) is 0 Å². The van der Waals surface area contributed by atoms with Gasteiger partial charge in [-0.3, -0.25) is 19.3 Å². The predicted octanol–water partition coefficient (Wildman–Crippen LogP) is 2.62. The molecule has 0 aromatic carbocycles. The Labute approximate surface area is 175 Å². The molecular formula is C19H20ClF3N4O3.